The summed E-state index contributed by atoms with van der Waals surface area (Å²) in [6.07, 6.45) is 4.42. The van der Waals surface area contributed by atoms with E-state index in [1.807, 2.05) is 30.3 Å². The summed E-state index contributed by atoms with van der Waals surface area (Å²) in [5.74, 6) is 0.933. The van der Waals surface area contributed by atoms with Crippen molar-refractivity contribution in [3.05, 3.63) is 42.2 Å². The largest absolute Gasteiger partial charge is 0.382 e. The number of nitrogens with two attached hydrogens (primary N) is 1. The molecule has 0 saturated heterocycles. The van der Waals surface area contributed by atoms with Gasteiger partial charge in [0.1, 0.15) is 5.69 Å². The zero-order valence-corrected chi connectivity index (χ0v) is 15.3. The van der Waals surface area contributed by atoms with Gasteiger partial charge in [-0.3, -0.25) is 0 Å². The first-order valence-electron chi connectivity index (χ1n) is 8.76. The molecular weight excluding hydrogens is 342 g/mol. The van der Waals surface area contributed by atoms with Crippen molar-refractivity contribution in [3.8, 4) is 11.5 Å². The zero-order chi connectivity index (χ0) is 19.0. The number of nitrogens with zero attached hydrogens (tertiary/aromatic N) is 5. The van der Waals surface area contributed by atoms with E-state index in [4.69, 9.17) is 10.7 Å². The fourth-order valence-corrected chi connectivity index (χ4v) is 3.15. The number of H-pyrrole nitrogens is 1. The Labute approximate surface area is 156 Å². The summed E-state index contributed by atoms with van der Waals surface area (Å²) in [5.41, 5.74) is 10.2. The highest BCUT2D eigenvalue weighted by atomic mass is 16.2. The van der Waals surface area contributed by atoms with Crippen molar-refractivity contribution in [3.63, 3.8) is 0 Å². The van der Waals surface area contributed by atoms with Gasteiger partial charge in [-0.2, -0.15) is 0 Å². The van der Waals surface area contributed by atoms with E-state index >= 15 is 0 Å². The van der Waals surface area contributed by atoms with Crippen LogP contribution in [0, 0.1) is 0 Å². The number of benzene rings is 1. The number of nitrogen functional groups attached to an aromatic ring is 1. The molecule has 0 fully saturated rings. The predicted molar refractivity (Wildman–Crippen MR) is 105 cm³/mol. The van der Waals surface area contributed by atoms with Crippen molar-refractivity contribution < 1.29 is 4.79 Å². The normalized spacial score (nSPS) is 14.3. The molecule has 1 aliphatic heterocycles. The first-order chi connectivity index (χ1) is 13.0. The quantitative estimate of drug-likeness (QED) is 0.727. The van der Waals surface area contributed by atoms with E-state index in [9.17, 15) is 4.79 Å². The van der Waals surface area contributed by atoms with Gasteiger partial charge in [-0.1, -0.05) is 18.2 Å². The average Bonchev–Trinajstić information content (AvgIpc) is 3.12. The minimum atomic E-state index is 0.0108. The van der Waals surface area contributed by atoms with Crippen LogP contribution in [0.25, 0.3) is 28.1 Å². The van der Waals surface area contributed by atoms with Crippen LogP contribution in [0.4, 0.5) is 10.6 Å². The van der Waals surface area contributed by atoms with Gasteiger partial charge in [-0.25, -0.2) is 19.7 Å². The molecule has 2 amide bonds. The summed E-state index contributed by atoms with van der Waals surface area (Å²) < 4.78 is 0. The average molecular weight is 363 g/mol. The smallest absolute Gasteiger partial charge is 0.319 e. The van der Waals surface area contributed by atoms with Crippen molar-refractivity contribution in [2.24, 2.45) is 0 Å². The number of hydrogen-bond donors (Lipinski definition) is 2. The van der Waals surface area contributed by atoms with Gasteiger partial charge in [0.2, 0.25) is 0 Å². The molecule has 8 heteroatoms. The molecule has 0 bridgehead atoms. The molecule has 0 spiro atoms. The van der Waals surface area contributed by atoms with Gasteiger partial charge in [0.25, 0.3) is 0 Å². The van der Waals surface area contributed by atoms with Crippen molar-refractivity contribution in [2.75, 3.05) is 32.9 Å². The first kappa shape index (κ1) is 17.0. The summed E-state index contributed by atoms with van der Waals surface area (Å²) in [6.45, 7) is 1.20. The molecule has 1 aromatic carbocycles. The standard InChI is InChI=1S/C19H21N7O/c1-25(2)19(27)26-9-7-12(8-10-26)15-11-21-17(20)16(22-15)18-23-13-5-3-4-6-14(13)24-18/h3-7,11H,8-10H2,1-2H3,(H2,20,21)(H,23,24). The highest BCUT2D eigenvalue weighted by Crippen LogP contribution is 2.26. The Morgan fingerprint density at radius 3 is 2.78 bits per heavy atom. The Bertz CT molecular complexity index is 1000. The Morgan fingerprint density at radius 1 is 1.26 bits per heavy atom. The number of fused-ring (bicyclic) bond motifs is 1. The van der Waals surface area contributed by atoms with E-state index in [1.54, 1.807) is 30.1 Å². The van der Waals surface area contributed by atoms with Crippen molar-refractivity contribution in [2.45, 2.75) is 6.42 Å². The summed E-state index contributed by atoms with van der Waals surface area (Å²) in [6, 6.07) is 7.79. The van der Waals surface area contributed by atoms with Crippen molar-refractivity contribution in [1.29, 1.82) is 0 Å². The Hall–Kier alpha value is -3.42. The van der Waals surface area contributed by atoms with Gasteiger partial charge < -0.3 is 20.5 Å². The maximum Gasteiger partial charge on any atom is 0.319 e. The molecule has 2 aromatic heterocycles. The lowest BCUT2D eigenvalue weighted by Gasteiger charge is -2.28. The monoisotopic (exact) mass is 363 g/mol. The second kappa shape index (κ2) is 6.71. The number of anilines is 1. The summed E-state index contributed by atoms with van der Waals surface area (Å²) >= 11 is 0. The molecule has 1 aliphatic rings. The van der Waals surface area contributed by atoms with Gasteiger partial charge >= 0.3 is 6.03 Å². The number of urea groups is 1. The Morgan fingerprint density at radius 2 is 2.07 bits per heavy atom. The SMILES string of the molecule is CN(C)C(=O)N1CC=C(c2cnc(N)c(-c3nc4ccccc4[nH]3)n2)CC1. The molecule has 138 valence electrons. The van der Waals surface area contributed by atoms with Crippen molar-refractivity contribution >= 4 is 28.5 Å². The van der Waals surface area contributed by atoms with Gasteiger partial charge in [-0.05, 0) is 24.1 Å². The number of aromatic nitrogens is 4. The highest BCUT2D eigenvalue weighted by Gasteiger charge is 2.21. The molecule has 0 saturated carbocycles. The molecule has 0 aliphatic carbocycles. The number of rotatable bonds is 2. The van der Waals surface area contributed by atoms with E-state index in [0.717, 1.165) is 28.7 Å². The lowest BCUT2D eigenvalue weighted by Crippen LogP contribution is -2.41. The topological polar surface area (TPSA) is 104 Å². The summed E-state index contributed by atoms with van der Waals surface area (Å²) in [5, 5.41) is 0. The molecule has 3 N–H and O–H groups in total. The molecule has 0 radical (unpaired) electrons. The number of carbonyl (C=O) groups is 1. The first-order valence-corrected chi connectivity index (χ1v) is 8.76. The molecular formula is C19H21N7O. The third kappa shape index (κ3) is 3.21. The minimum absolute atomic E-state index is 0.0108. The number of aromatic amines is 1. The Balaban J connectivity index is 1.64. The number of nitrogens with one attached hydrogen (secondary N) is 1. The minimum Gasteiger partial charge on any atom is -0.382 e. The van der Waals surface area contributed by atoms with E-state index in [0.29, 0.717) is 30.4 Å². The third-order valence-electron chi connectivity index (χ3n) is 4.61. The van der Waals surface area contributed by atoms with E-state index in [2.05, 4.69) is 15.0 Å². The van der Waals surface area contributed by atoms with Gasteiger partial charge in [0.05, 0.1) is 22.9 Å². The molecule has 27 heavy (non-hydrogen) atoms. The maximum atomic E-state index is 12.1. The van der Waals surface area contributed by atoms with Crippen LogP contribution in [0.1, 0.15) is 12.1 Å². The van der Waals surface area contributed by atoms with Crippen LogP contribution in [-0.2, 0) is 0 Å². The van der Waals surface area contributed by atoms with Crippen LogP contribution in [0.2, 0.25) is 0 Å². The van der Waals surface area contributed by atoms with E-state index < -0.39 is 0 Å². The van der Waals surface area contributed by atoms with Crippen LogP contribution >= 0.6 is 0 Å². The van der Waals surface area contributed by atoms with Crippen LogP contribution in [0.15, 0.2) is 36.5 Å². The lowest BCUT2D eigenvalue weighted by atomic mass is 10.1. The fraction of sp³-hybridized carbons (Fsp3) is 0.263. The second-order valence-corrected chi connectivity index (χ2v) is 6.69. The van der Waals surface area contributed by atoms with Crippen LogP contribution in [-0.4, -0.2) is 63.0 Å². The molecule has 0 atom stereocenters. The van der Waals surface area contributed by atoms with Gasteiger partial charge in [0, 0.05) is 27.2 Å². The summed E-state index contributed by atoms with van der Waals surface area (Å²) in [4.78, 5) is 32.3. The van der Waals surface area contributed by atoms with E-state index in [-0.39, 0.29) is 6.03 Å². The van der Waals surface area contributed by atoms with Crippen molar-refractivity contribution in [1.82, 2.24) is 29.7 Å². The Kier molecular flexibility index (Phi) is 4.23. The number of hydrogen-bond acceptors (Lipinski definition) is 5. The van der Waals surface area contributed by atoms with Gasteiger partial charge in [-0.15, -0.1) is 0 Å². The predicted octanol–water partition coefficient (Wildman–Crippen LogP) is 2.37. The summed E-state index contributed by atoms with van der Waals surface area (Å²) in [7, 11) is 3.51. The molecule has 8 nitrogen and oxygen atoms in total. The lowest BCUT2D eigenvalue weighted by molar-refractivity contribution is 0.176. The third-order valence-corrected chi connectivity index (χ3v) is 4.61. The molecule has 0 unspecified atom stereocenters. The van der Waals surface area contributed by atoms with Crippen LogP contribution in [0.5, 0.6) is 0 Å². The number of amides is 2. The van der Waals surface area contributed by atoms with Crippen LogP contribution in [0.3, 0.4) is 0 Å². The number of para-hydroxylation sites is 2. The zero-order valence-electron chi connectivity index (χ0n) is 15.3. The highest BCUT2D eigenvalue weighted by molar-refractivity contribution is 5.81. The number of carbonyl (C=O) groups excluding carboxylic acids is 1. The molecule has 3 aromatic rings. The van der Waals surface area contributed by atoms with Gasteiger partial charge in [0.15, 0.2) is 11.6 Å². The van der Waals surface area contributed by atoms with Crippen LogP contribution < -0.4 is 5.73 Å². The van der Waals surface area contributed by atoms with E-state index in [1.165, 1.54) is 0 Å². The fourth-order valence-electron chi connectivity index (χ4n) is 3.15. The number of imidazole rings is 1. The second-order valence-electron chi connectivity index (χ2n) is 6.69. The molecule has 3 heterocycles. The maximum absolute atomic E-state index is 12.1. The molecule has 4 rings (SSSR count).